The number of hydrogen-bond acceptors (Lipinski definition) is 2. The van der Waals surface area contributed by atoms with E-state index in [9.17, 15) is 0 Å². The lowest BCUT2D eigenvalue weighted by molar-refractivity contribution is 0.256. The molecule has 0 spiro atoms. The summed E-state index contributed by atoms with van der Waals surface area (Å²) in [7, 11) is 1.84. The van der Waals surface area contributed by atoms with Crippen LogP contribution in [0.25, 0.3) is 0 Å². The third-order valence-corrected chi connectivity index (χ3v) is 4.82. The molecule has 0 radical (unpaired) electrons. The summed E-state index contributed by atoms with van der Waals surface area (Å²) in [5.74, 6) is 1.87. The van der Waals surface area contributed by atoms with Gasteiger partial charge in [-0.25, -0.2) is 0 Å². The van der Waals surface area contributed by atoms with Gasteiger partial charge in [0, 0.05) is 32.7 Å². The highest BCUT2D eigenvalue weighted by Gasteiger charge is 2.33. The minimum atomic E-state index is 0.258. The zero-order valence-electron chi connectivity index (χ0n) is 14.5. The highest BCUT2D eigenvalue weighted by atomic mass is 15.2. The first-order valence-corrected chi connectivity index (χ1v) is 9.02. The van der Waals surface area contributed by atoms with Crippen LogP contribution in [0, 0.1) is 5.92 Å². The Kier molecular flexibility index (Phi) is 5.55. The molecule has 2 aliphatic rings. The van der Waals surface area contributed by atoms with Crippen molar-refractivity contribution in [2.45, 2.75) is 44.7 Å². The maximum Gasteiger partial charge on any atom is 0.191 e. The van der Waals surface area contributed by atoms with Crippen molar-refractivity contribution in [2.24, 2.45) is 10.9 Å². The Bertz CT molecular complexity index is 505. The first kappa shape index (κ1) is 16.3. The Morgan fingerprint density at radius 1 is 1.22 bits per heavy atom. The molecular weight excluding hydrogens is 284 g/mol. The molecule has 4 nitrogen and oxygen atoms in total. The summed E-state index contributed by atoms with van der Waals surface area (Å²) >= 11 is 0. The van der Waals surface area contributed by atoms with Gasteiger partial charge in [0.05, 0.1) is 6.04 Å². The van der Waals surface area contributed by atoms with Crippen LogP contribution in [0.5, 0.6) is 0 Å². The highest BCUT2D eigenvalue weighted by Crippen LogP contribution is 2.34. The third kappa shape index (κ3) is 5.24. The lowest BCUT2D eigenvalue weighted by atomic mass is 10.1. The van der Waals surface area contributed by atoms with Crippen LogP contribution < -0.4 is 10.6 Å². The number of guanidine groups is 1. The number of hydrogen-bond donors (Lipinski definition) is 2. The molecule has 2 saturated carbocycles. The quantitative estimate of drug-likeness (QED) is 0.572. The summed E-state index contributed by atoms with van der Waals surface area (Å²) in [6.07, 6.45) is 5.67. The molecule has 0 bridgehead atoms. The van der Waals surface area contributed by atoms with Crippen LogP contribution in [0.4, 0.5) is 0 Å². The van der Waals surface area contributed by atoms with E-state index in [-0.39, 0.29) is 6.04 Å². The second kappa shape index (κ2) is 7.82. The first-order chi connectivity index (χ1) is 11.3. The summed E-state index contributed by atoms with van der Waals surface area (Å²) in [6.45, 7) is 5.57. The van der Waals surface area contributed by atoms with Crippen LogP contribution in [0.3, 0.4) is 0 Å². The van der Waals surface area contributed by atoms with Crippen LogP contribution in [-0.4, -0.2) is 43.6 Å². The van der Waals surface area contributed by atoms with Gasteiger partial charge >= 0.3 is 0 Å². The van der Waals surface area contributed by atoms with Crippen molar-refractivity contribution in [3.05, 3.63) is 35.9 Å². The van der Waals surface area contributed by atoms with Crippen molar-refractivity contribution >= 4 is 5.96 Å². The Morgan fingerprint density at radius 3 is 2.57 bits per heavy atom. The number of nitrogens with zero attached hydrogens (tertiary/aromatic N) is 2. The van der Waals surface area contributed by atoms with E-state index in [1.807, 2.05) is 7.05 Å². The smallest absolute Gasteiger partial charge is 0.191 e. The normalized spacial score (nSPS) is 19.7. The topological polar surface area (TPSA) is 39.7 Å². The molecule has 0 saturated heterocycles. The molecule has 126 valence electrons. The van der Waals surface area contributed by atoms with Gasteiger partial charge in [-0.3, -0.25) is 9.89 Å². The van der Waals surface area contributed by atoms with Crippen LogP contribution in [-0.2, 0) is 0 Å². The van der Waals surface area contributed by atoms with Gasteiger partial charge < -0.3 is 10.6 Å². The molecule has 2 aliphatic carbocycles. The summed E-state index contributed by atoms with van der Waals surface area (Å²) in [6, 6.07) is 11.6. The van der Waals surface area contributed by atoms with Crippen molar-refractivity contribution in [1.29, 1.82) is 0 Å². The molecule has 4 heteroatoms. The molecule has 2 fully saturated rings. The maximum absolute atomic E-state index is 4.36. The van der Waals surface area contributed by atoms with Gasteiger partial charge in [-0.2, -0.15) is 0 Å². The number of aliphatic imine (C=N–C) groups is 1. The monoisotopic (exact) mass is 314 g/mol. The largest absolute Gasteiger partial charge is 0.355 e. The van der Waals surface area contributed by atoms with Crippen LogP contribution in [0.1, 0.15) is 44.2 Å². The van der Waals surface area contributed by atoms with Gasteiger partial charge in [-0.15, -0.1) is 0 Å². The average molecular weight is 314 g/mol. The van der Waals surface area contributed by atoms with E-state index >= 15 is 0 Å². The Labute approximate surface area is 140 Å². The van der Waals surface area contributed by atoms with Crippen LogP contribution in [0.2, 0.25) is 0 Å². The molecule has 1 aromatic rings. The van der Waals surface area contributed by atoms with Crippen molar-refractivity contribution in [3.63, 3.8) is 0 Å². The zero-order valence-corrected chi connectivity index (χ0v) is 14.5. The van der Waals surface area contributed by atoms with E-state index in [2.05, 4.69) is 57.8 Å². The lowest BCUT2D eigenvalue weighted by Gasteiger charge is -2.23. The molecule has 0 aliphatic heterocycles. The summed E-state index contributed by atoms with van der Waals surface area (Å²) in [5.41, 5.74) is 1.28. The van der Waals surface area contributed by atoms with Gasteiger partial charge in [0.1, 0.15) is 0 Å². The van der Waals surface area contributed by atoms with E-state index in [1.54, 1.807) is 0 Å². The van der Waals surface area contributed by atoms with Gasteiger partial charge in [0.2, 0.25) is 0 Å². The van der Waals surface area contributed by atoms with E-state index in [4.69, 9.17) is 0 Å². The molecular formula is C19H30N4. The van der Waals surface area contributed by atoms with Crippen molar-refractivity contribution in [3.8, 4) is 0 Å². The van der Waals surface area contributed by atoms with Crippen molar-refractivity contribution < 1.29 is 0 Å². The fraction of sp³-hybridized carbons (Fsp3) is 0.632. The standard InChI is InChI=1S/C19H30N4/c1-15(17-6-4-3-5-7-17)22-19(20-2)21-12-13-23(18-10-11-18)14-16-8-9-16/h3-7,15-16,18H,8-14H2,1-2H3,(H2,20,21,22). The molecule has 0 heterocycles. The summed E-state index contributed by atoms with van der Waals surface area (Å²) in [4.78, 5) is 7.04. The minimum absolute atomic E-state index is 0.258. The first-order valence-electron chi connectivity index (χ1n) is 9.02. The highest BCUT2D eigenvalue weighted by molar-refractivity contribution is 5.80. The van der Waals surface area contributed by atoms with E-state index in [0.717, 1.165) is 31.0 Å². The van der Waals surface area contributed by atoms with E-state index in [0.29, 0.717) is 0 Å². The molecule has 0 amide bonds. The zero-order chi connectivity index (χ0) is 16.1. The van der Waals surface area contributed by atoms with Gasteiger partial charge in [-0.05, 0) is 44.1 Å². The third-order valence-electron chi connectivity index (χ3n) is 4.82. The molecule has 3 rings (SSSR count). The predicted octanol–water partition coefficient (Wildman–Crippen LogP) is 2.79. The van der Waals surface area contributed by atoms with Gasteiger partial charge in [0.25, 0.3) is 0 Å². The van der Waals surface area contributed by atoms with E-state index in [1.165, 1.54) is 37.8 Å². The van der Waals surface area contributed by atoms with E-state index < -0.39 is 0 Å². The lowest BCUT2D eigenvalue weighted by Crippen LogP contribution is -2.43. The van der Waals surface area contributed by atoms with Gasteiger partial charge in [-0.1, -0.05) is 30.3 Å². The Morgan fingerprint density at radius 2 is 1.96 bits per heavy atom. The minimum Gasteiger partial charge on any atom is -0.355 e. The maximum atomic E-state index is 4.36. The summed E-state index contributed by atoms with van der Waals surface area (Å²) in [5, 5.41) is 6.95. The molecule has 23 heavy (non-hydrogen) atoms. The van der Waals surface area contributed by atoms with Crippen LogP contribution >= 0.6 is 0 Å². The van der Waals surface area contributed by atoms with Crippen molar-refractivity contribution in [2.75, 3.05) is 26.7 Å². The van der Waals surface area contributed by atoms with Crippen LogP contribution in [0.15, 0.2) is 35.3 Å². The molecule has 1 atom stereocenters. The molecule has 1 unspecified atom stereocenters. The Balaban J connectivity index is 1.42. The molecule has 0 aromatic heterocycles. The van der Waals surface area contributed by atoms with Gasteiger partial charge in [0.15, 0.2) is 5.96 Å². The number of nitrogens with one attached hydrogen (secondary N) is 2. The fourth-order valence-corrected chi connectivity index (χ4v) is 3.04. The fourth-order valence-electron chi connectivity index (χ4n) is 3.04. The SMILES string of the molecule is CN=C(NCCN(CC1CC1)C1CC1)NC(C)c1ccccc1. The average Bonchev–Trinajstić information content (AvgIpc) is 3.47. The Hall–Kier alpha value is -1.55. The second-order valence-corrected chi connectivity index (χ2v) is 6.95. The second-order valence-electron chi connectivity index (χ2n) is 6.95. The predicted molar refractivity (Wildman–Crippen MR) is 96.7 cm³/mol. The molecule has 1 aromatic carbocycles. The summed E-state index contributed by atoms with van der Waals surface area (Å²) < 4.78 is 0. The van der Waals surface area contributed by atoms with Crippen molar-refractivity contribution in [1.82, 2.24) is 15.5 Å². The number of benzene rings is 1. The number of rotatable bonds is 8. The molecule has 2 N–H and O–H groups in total.